The van der Waals surface area contributed by atoms with Gasteiger partial charge in [0.15, 0.2) is 0 Å². The molecule has 2 aromatic rings. The molecule has 0 heterocycles. The van der Waals surface area contributed by atoms with E-state index in [9.17, 15) is 13.5 Å². The van der Waals surface area contributed by atoms with E-state index in [0.717, 1.165) is 11.8 Å². The molecule has 1 N–H and O–H groups in total. The molecule has 0 aliphatic heterocycles. The fourth-order valence-electron chi connectivity index (χ4n) is 2.31. The standard InChI is InChI=1S/C12H17O2.C11H16O2.C6H13O4S.6Y/c1-12(2,13-3)10-14-9-11-7-5-4-6-8-11;1-11(2,12)9-13-8-10-6-4-3-5-7-10;1-6(2,9-3)5-10-11(4,7)8;;;;;;/h4-8H,3,9-10H2,1-2H3;3-7,12H,8-9H2,1-2H3;3,5H2,1-2,4H3;;;;;;/q-1;;-1;;;;;;. The van der Waals surface area contributed by atoms with Crippen molar-refractivity contribution in [2.45, 2.75) is 71.6 Å². The first-order valence-corrected chi connectivity index (χ1v) is 14.0. The minimum absolute atomic E-state index is 0. The summed E-state index contributed by atoms with van der Waals surface area (Å²) in [6, 6.07) is 20.0. The van der Waals surface area contributed by atoms with E-state index in [1.165, 1.54) is 5.56 Å². The van der Waals surface area contributed by atoms with Crippen LogP contribution in [0.25, 0.3) is 0 Å². The summed E-state index contributed by atoms with van der Waals surface area (Å²) in [5.41, 5.74) is 0.589. The molecule has 6 radical (unpaired) electrons. The minimum atomic E-state index is -3.38. The van der Waals surface area contributed by atoms with Crippen molar-refractivity contribution in [1.82, 2.24) is 0 Å². The molecule has 0 saturated carbocycles. The molecule has 8 nitrogen and oxygen atoms in total. The molecule has 15 heteroatoms. The van der Waals surface area contributed by atoms with Crippen LogP contribution in [0.3, 0.4) is 0 Å². The van der Waals surface area contributed by atoms with Crippen molar-refractivity contribution in [2.24, 2.45) is 0 Å². The molecular weight excluding hydrogens is 1040 g/mol. The molecule has 0 aromatic heterocycles. The normalized spacial score (nSPS) is 10.5. The van der Waals surface area contributed by atoms with Crippen LogP contribution >= 0.6 is 0 Å². The van der Waals surface area contributed by atoms with Gasteiger partial charge in [0.1, 0.15) is 0 Å². The molecule has 0 fully saturated rings. The van der Waals surface area contributed by atoms with Crippen LogP contribution in [-0.4, -0.2) is 56.4 Å². The summed E-state index contributed by atoms with van der Waals surface area (Å²) in [7, 11) is 3.21. The Balaban J connectivity index is -0.0000000880. The van der Waals surface area contributed by atoms with Crippen molar-refractivity contribution < 1.29 is 233 Å². The summed E-state index contributed by atoms with van der Waals surface area (Å²) in [4.78, 5) is 0. The fourth-order valence-corrected chi connectivity index (χ4v) is 2.81. The van der Waals surface area contributed by atoms with Crippen molar-refractivity contribution >= 4 is 10.1 Å². The Hall–Kier alpha value is 4.77. The van der Waals surface area contributed by atoms with E-state index in [-0.39, 0.29) is 208 Å². The number of aliphatic hydroxyl groups is 1. The number of hydrogen-bond acceptors (Lipinski definition) is 8. The molecule has 44 heavy (non-hydrogen) atoms. The SMILES string of the molecule is CC(C)(O)COCc1ccccc1.[CH2-]OC(C)(C)COCc1ccccc1.[CH2-]OC(C)(C)COS(C)(=O)=O.[Y].[Y].[Y].[Y].[Y].[Y]. The smallest absolute Gasteiger partial charge is 0.264 e. The predicted octanol–water partition coefficient (Wildman–Crippen LogP) is 5.30. The van der Waals surface area contributed by atoms with Crippen LogP contribution in [0, 0.1) is 14.2 Å². The van der Waals surface area contributed by atoms with Crippen molar-refractivity contribution in [2.75, 3.05) is 26.1 Å². The van der Waals surface area contributed by atoms with Crippen molar-refractivity contribution in [3.8, 4) is 0 Å². The van der Waals surface area contributed by atoms with E-state index in [4.69, 9.17) is 18.9 Å². The van der Waals surface area contributed by atoms with Crippen LogP contribution in [0.4, 0.5) is 0 Å². The van der Waals surface area contributed by atoms with Gasteiger partial charge in [0.2, 0.25) is 0 Å². The van der Waals surface area contributed by atoms with Gasteiger partial charge in [-0.05, 0) is 52.7 Å². The third kappa shape index (κ3) is 42.9. The van der Waals surface area contributed by atoms with Gasteiger partial charge in [0, 0.05) is 196 Å². The maximum atomic E-state index is 10.5. The minimum Gasteiger partial charge on any atom is -0.549 e. The Kier molecular flexibility index (Phi) is 50.5. The van der Waals surface area contributed by atoms with E-state index in [1.807, 2.05) is 74.5 Å². The van der Waals surface area contributed by atoms with Gasteiger partial charge in [-0.15, -0.1) is 0 Å². The number of rotatable bonds is 13. The van der Waals surface area contributed by atoms with Gasteiger partial charge in [-0.1, -0.05) is 60.7 Å². The molecule has 2 aromatic carbocycles. The zero-order valence-electron chi connectivity index (χ0n) is 27.4. The van der Waals surface area contributed by atoms with Crippen LogP contribution in [0.2, 0.25) is 0 Å². The maximum Gasteiger partial charge on any atom is 0.264 e. The van der Waals surface area contributed by atoms with Crippen LogP contribution in [0.1, 0.15) is 52.7 Å². The molecule has 0 bridgehead atoms. The van der Waals surface area contributed by atoms with Gasteiger partial charge in [-0.2, -0.15) is 8.42 Å². The van der Waals surface area contributed by atoms with Crippen LogP contribution in [0.15, 0.2) is 60.7 Å². The molecule has 236 valence electrons. The van der Waals surface area contributed by atoms with Crippen LogP contribution < -0.4 is 0 Å². The van der Waals surface area contributed by atoms with E-state index >= 15 is 0 Å². The molecular formula is C29H46O8SY6-2. The summed E-state index contributed by atoms with van der Waals surface area (Å²) in [5.74, 6) is 0. The second kappa shape index (κ2) is 34.8. The second-order valence-corrected chi connectivity index (χ2v) is 12.2. The summed E-state index contributed by atoms with van der Waals surface area (Å²) in [6.07, 6.45) is 0.992. The van der Waals surface area contributed by atoms with Crippen LogP contribution in [-0.2, 0) is 243 Å². The zero-order chi connectivity index (χ0) is 29.3. The molecule has 0 atom stereocenters. The first-order valence-electron chi connectivity index (χ1n) is 12.1. The molecule has 0 spiro atoms. The van der Waals surface area contributed by atoms with Gasteiger partial charge in [-0.25, -0.2) is 14.2 Å². The average Bonchev–Trinajstić information content (AvgIpc) is 2.84. The van der Waals surface area contributed by atoms with Gasteiger partial charge in [0.05, 0.1) is 56.1 Å². The quantitative estimate of drug-likeness (QED) is 0.214. The molecule has 0 amide bonds. The first kappa shape index (κ1) is 63.8. The third-order valence-corrected chi connectivity index (χ3v) is 5.08. The summed E-state index contributed by atoms with van der Waals surface area (Å²) < 4.78 is 46.0. The fraction of sp³-hybridized carbons (Fsp3) is 0.517. The number of benzene rings is 2. The Bertz CT molecular complexity index is 978. The van der Waals surface area contributed by atoms with E-state index < -0.39 is 21.3 Å². The Morgan fingerprint density at radius 3 is 1.23 bits per heavy atom. The van der Waals surface area contributed by atoms with Gasteiger partial charge >= 0.3 is 0 Å². The van der Waals surface area contributed by atoms with Crippen molar-refractivity contribution in [3.63, 3.8) is 0 Å². The van der Waals surface area contributed by atoms with Gasteiger partial charge < -0.3 is 24.1 Å². The second-order valence-electron chi connectivity index (χ2n) is 10.5. The van der Waals surface area contributed by atoms with Gasteiger partial charge in [-0.3, -0.25) is 4.18 Å². The van der Waals surface area contributed by atoms with E-state index in [2.05, 4.69) is 18.4 Å². The topological polar surface area (TPSA) is 101 Å². The molecule has 2 rings (SSSR count). The molecule has 0 saturated heterocycles. The number of hydrogen-bond donors (Lipinski definition) is 1. The summed E-state index contributed by atoms with van der Waals surface area (Å²) in [6.45, 7) is 12.8. The van der Waals surface area contributed by atoms with Crippen molar-refractivity contribution in [3.05, 3.63) is 86.0 Å². The maximum absolute atomic E-state index is 10.5. The first-order chi connectivity index (χ1) is 17.5. The average molecular weight is 1090 g/mol. The molecule has 0 aliphatic rings. The largest absolute Gasteiger partial charge is 0.549 e. The van der Waals surface area contributed by atoms with E-state index in [0.29, 0.717) is 26.4 Å². The predicted molar refractivity (Wildman–Crippen MR) is 150 cm³/mol. The molecule has 0 unspecified atom stereocenters. The molecule has 0 aliphatic carbocycles. The Morgan fingerprint density at radius 2 is 0.932 bits per heavy atom. The van der Waals surface area contributed by atoms with Crippen molar-refractivity contribution in [1.29, 1.82) is 0 Å². The zero-order valence-corrected chi connectivity index (χ0v) is 45.2. The Morgan fingerprint density at radius 1 is 0.614 bits per heavy atom. The third-order valence-electron chi connectivity index (χ3n) is 4.53. The van der Waals surface area contributed by atoms with Crippen LogP contribution in [0.5, 0.6) is 0 Å². The number of ether oxygens (including phenoxy) is 4. The Labute approximate surface area is 418 Å². The van der Waals surface area contributed by atoms with Gasteiger partial charge in [0.25, 0.3) is 10.1 Å². The summed E-state index contributed by atoms with van der Waals surface area (Å²) >= 11 is 0. The summed E-state index contributed by atoms with van der Waals surface area (Å²) in [5, 5.41) is 9.37. The van der Waals surface area contributed by atoms with E-state index in [1.54, 1.807) is 27.7 Å². The monoisotopic (exact) mass is 1090 g/mol.